The van der Waals surface area contributed by atoms with Gasteiger partial charge in [0.25, 0.3) is 0 Å². The fourth-order valence-corrected chi connectivity index (χ4v) is 2.86. The molecule has 5 nitrogen and oxygen atoms in total. The zero-order chi connectivity index (χ0) is 16.1. The molecule has 1 aromatic carbocycles. The quantitative estimate of drug-likeness (QED) is 0.857. The summed E-state index contributed by atoms with van der Waals surface area (Å²) in [5.74, 6) is 1.26. The minimum absolute atomic E-state index is 0.0290. The number of nitrogens with one attached hydrogen (secondary N) is 2. The van der Waals surface area contributed by atoms with Crippen molar-refractivity contribution in [2.45, 2.75) is 12.8 Å². The van der Waals surface area contributed by atoms with Crippen LogP contribution in [0.3, 0.4) is 0 Å². The molecule has 0 radical (unpaired) electrons. The molecule has 120 valence electrons. The van der Waals surface area contributed by atoms with Crippen molar-refractivity contribution in [1.29, 1.82) is 0 Å². The summed E-state index contributed by atoms with van der Waals surface area (Å²) in [6.45, 7) is 1.73. The lowest BCUT2D eigenvalue weighted by Crippen LogP contribution is -2.37. The summed E-state index contributed by atoms with van der Waals surface area (Å²) in [6, 6.07) is 11.1. The van der Waals surface area contributed by atoms with Crippen LogP contribution >= 0.6 is 15.9 Å². The zero-order valence-electron chi connectivity index (χ0n) is 12.6. The second kappa shape index (κ2) is 7.57. The number of aromatic nitrogens is 1. The van der Waals surface area contributed by atoms with Gasteiger partial charge in [0.15, 0.2) is 0 Å². The number of carbonyl (C=O) groups excluding carboxylic acids is 1. The molecule has 1 aliphatic rings. The highest BCUT2D eigenvalue weighted by molar-refractivity contribution is 9.10. The summed E-state index contributed by atoms with van der Waals surface area (Å²) < 4.78 is 6.62. The summed E-state index contributed by atoms with van der Waals surface area (Å²) in [4.78, 5) is 16.4. The third kappa shape index (κ3) is 4.53. The van der Waals surface area contributed by atoms with Crippen molar-refractivity contribution in [3.63, 3.8) is 0 Å². The molecule has 0 aliphatic carbocycles. The van der Waals surface area contributed by atoms with Gasteiger partial charge in [0.1, 0.15) is 5.75 Å². The van der Waals surface area contributed by atoms with Crippen LogP contribution in [-0.2, 0) is 4.79 Å². The van der Waals surface area contributed by atoms with E-state index in [4.69, 9.17) is 4.74 Å². The van der Waals surface area contributed by atoms with Crippen LogP contribution in [0.15, 0.2) is 47.1 Å². The maximum Gasteiger partial charge on any atom is 0.228 e. The first-order valence-electron chi connectivity index (χ1n) is 7.62. The second-order valence-electron chi connectivity index (χ2n) is 5.48. The van der Waals surface area contributed by atoms with Gasteiger partial charge in [-0.3, -0.25) is 4.79 Å². The number of rotatable bonds is 4. The molecule has 2 heterocycles. The minimum Gasteiger partial charge on any atom is -0.439 e. The van der Waals surface area contributed by atoms with Gasteiger partial charge in [-0.05, 0) is 43.7 Å². The molecule has 1 saturated heterocycles. The van der Waals surface area contributed by atoms with E-state index in [1.807, 2.05) is 24.3 Å². The number of halogens is 1. The maximum absolute atomic E-state index is 12.2. The third-order valence-corrected chi connectivity index (χ3v) is 4.18. The fourth-order valence-electron chi connectivity index (χ4n) is 2.49. The summed E-state index contributed by atoms with van der Waals surface area (Å²) in [7, 11) is 0. The van der Waals surface area contributed by atoms with Crippen LogP contribution in [0.5, 0.6) is 11.6 Å². The van der Waals surface area contributed by atoms with Gasteiger partial charge in [-0.1, -0.05) is 22.0 Å². The first-order valence-corrected chi connectivity index (χ1v) is 8.41. The molecule has 2 N–H and O–H groups in total. The van der Waals surface area contributed by atoms with Gasteiger partial charge < -0.3 is 15.4 Å². The number of carbonyl (C=O) groups is 1. The molecule has 0 spiro atoms. The number of ether oxygens (including phenoxy) is 1. The number of piperidine rings is 1. The molecule has 1 aromatic heterocycles. The fraction of sp³-hybridized carbons (Fsp3) is 0.294. The summed E-state index contributed by atoms with van der Waals surface area (Å²) >= 11 is 3.40. The van der Waals surface area contributed by atoms with E-state index in [-0.39, 0.29) is 11.8 Å². The van der Waals surface area contributed by atoms with Crippen LogP contribution in [0.1, 0.15) is 12.8 Å². The van der Waals surface area contributed by atoms with Crippen molar-refractivity contribution >= 4 is 27.5 Å². The Bertz CT molecular complexity index is 670. The number of hydrogen-bond donors (Lipinski definition) is 2. The van der Waals surface area contributed by atoms with E-state index in [1.165, 1.54) is 0 Å². The largest absolute Gasteiger partial charge is 0.439 e. The molecule has 1 amide bonds. The Morgan fingerprint density at radius 3 is 2.96 bits per heavy atom. The topological polar surface area (TPSA) is 63.2 Å². The van der Waals surface area contributed by atoms with Crippen LogP contribution < -0.4 is 15.4 Å². The van der Waals surface area contributed by atoms with Crippen LogP contribution in [0.4, 0.5) is 5.69 Å². The number of nitrogens with zero attached hydrogens (tertiary/aromatic N) is 1. The normalized spacial score (nSPS) is 17.5. The van der Waals surface area contributed by atoms with E-state index < -0.39 is 0 Å². The number of anilines is 1. The Morgan fingerprint density at radius 1 is 1.35 bits per heavy atom. The average Bonchev–Trinajstić information content (AvgIpc) is 2.57. The van der Waals surface area contributed by atoms with E-state index >= 15 is 0 Å². The number of hydrogen-bond acceptors (Lipinski definition) is 4. The maximum atomic E-state index is 12.2. The highest BCUT2D eigenvalue weighted by Gasteiger charge is 2.20. The number of amides is 1. The monoisotopic (exact) mass is 375 g/mol. The summed E-state index contributed by atoms with van der Waals surface area (Å²) in [5.41, 5.74) is 0.683. The molecule has 0 bridgehead atoms. The van der Waals surface area contributed by atoms with Crippen molar-refractivity contribution in [3.8, 4) is 11.6 Å². The van der Waals surface area contributed by atoms with E-state index in [2.05, 4.69) is 31.5 Å². The van der Waals surface area contributed by atoms with E-state index in [0.29, 0.717) is 17.3 Å². The summed E-state index contributed by atoms with van der Waals surface area (Å²) in [6.07, 6.45) is 3.58. The molecule has 3 rings (SSSR count). The van der Waals surface area contributed by atoms with E-state index in [1.54, 1.807) is 18.3 Å². The highest BCUT2D eigenvalue weighted by Crippen LogP contribution is 2.23. The molecule has 1 atom stereocenters. The van der Waals surface area contributed by atoms with Crippen molar-refractivity contribution in [2.75, 3.05) is 18.4 Å². The van der Waals surface area contributed by atoms with Gasteiger partial charge >= 0.3 is 0 Å². The van der Waals surface area contributed by atoms with Crippen LogP contribution in [0.25, 0.3) is 0 Å². The SMILES string of the molecule is O=C(Nc1ccc(Oc2cccc(Br)c2)nc1)C1CCCNC1. The lowest BCUT2D eigenvalue weighted by Gasteiger charge is -2.21. The average molecular weight is 376 g/mol. The van der Waals surface area contributed by atoms with Crippen molar-refractivity contribution in [1.82, 2.24) is 10.3 Å². The summed E-state index contributed by atoms with van der Waals surface area (Å²) in [5, 5.41) is 6.15. The van der Waals surface area contributed by atoms with Gasteiger partial charge in [-0.2, -0.15) is 0 Å². The predicted octanol–water partition coefficient (Wildman–Crippen LogP) is 3.57. The molecule has 0 saturated carbocycles. The van der Waals surface area contributed by atoms with Crippen LogP contribution in [-0.4, -0.2) is 24.0 Å². The Kier molecular flexibility index (Phi) is 5.25. The molecule has 1 aliphatic heterocycles. The first kappa shape index (κ1) is 16.0. The minimum atomic E-state index is 0.0290. The molecule has 1 unspecified atom stereocenters. The van der Waals surface area contributed by atoms with Gasteiger partial charge in [0, 0.05) is 17.1 Å². The molecular weight excluding hydrogens is 358 g/mol. The van der Waals surface area contributed by atoms with Crippen LogP contribution in [0, 0.1) is 5.92 Å². The number of pyridine rings is 1. The lowest BCUT2D eigenvalue weighted by atomic mass is 9.99. The Balaban J connectivity index is 1.59. The first-order chi connectivity index (χ1) is 11.2. The van der Waals surface area contributed by atoms with Gasteiger partial charge in [-0.15, -0.1) is 0 Å². The highest BCUT2D eigenvalue weighted by atomic mass is 79.9. The van der Waals surface area contributed by atoms with Crippen molar-refractivity contribution in [2.24, 2.45) is 5.92 Å². The second-order valence-corrected chi connectivity index (χ2v) is 6.39. The molecule has 23 heavy (non-hydrogen) atoms. The smallest absolute Gasteiger partial charge is 0.228 e. The van der Waals surface area contributed by atoms with Crippen molar-refractivity contribution < 1.29 is 9.53 Å². The standard InChI is InChI=1S/C17H18BrN3O2/c18-13-4-1-5-15(9-13)23-16-7-6-14(11-20-16)21-17(22)12-3-2-8-19-10-12/h1,4-7,9,11-12,19H,2-3,8,10H2,(H,21,22). The lowest BCUT2D eigenvalue weighted by molar-refractivity contribution is -0.120. The Hall–Kier alpha value is -1.92. The van der Waals surface area contributed by atoms with Gasteiger partial charge in [-0.25, -0.2) is 4.98 Å². The Labute approximate surface area is 143 Å². The van der Waals surface area contributed by atoms with Crippen LogP contribution in [0.2, 0.25) is 0 Å². The zero-order valence-corrected chi connectivity index (χ0v) is 14.2. The third-order valence-electron chi connectivity index (χ3n) is 3.69. The van der Waals surface area contributed by atoms with Gasteiger partial charge in [0.2, 0.25) is 11.8 Å². The van der Waals surface area contributed by atoms with E-state index in [0.717, 1.165) is 30.4 Å². The van der Waals surface area contributed by atoms with E-state index in [9.17, 15) is 4.79 Å². The van der Waals surface area contributed by atoms with Gasteiger partial charge in [0.05, 0.1) is 17.8 Å². The molecule has 6 heteroatoms. The Morgan fingerprint density at radius 2 is 2.26 bits per heavy atom. The molecule has 1 fully saturated rings. The number of benzene rings is 1. The molecular formula is C17H18BrN3O2. The van der Waals surface area contributed by atoms with Crippen molar-refractivity contribution in [3.05, 3.63) is 47.1 Å². The molecule has 2 aromatic rings. The predicted molar refractivity (Wildman–Crippen MR) is 92.7 cm³/mol.